The zero-order valence-electron chi connectivity index (χ0n) is 8.10. The molecule has 3 nitrogen and oxygen atoms in total. The molecule has 1 rings (SSSR count). The van der Waals surface area contributed by atoms with Crippen LogP contribution in [0.5, 0.6) is 0 Å². The van der Waals surface area contributed by atoms with Crippen LogP contribution in [-0.4, -0.2) is 22.7 Å². The summed E-state index contributed by atoms with van der Waals surface area (Å²) in [5.41, 5.74) is 0. The number of halogens is 3. The first-order chi connectivity index (χ1) is 7.00. The zero-order valence-corrected chi connectivity index (χ0v) is 8.10. The first-order valence-corrected chi connectivity index (χ1v) is 4.44. The van der Waals surface area contributed by atoms with E-state index in [-0.39, 0.29) is 12.4 Å². The molecule has 1 aromatic heterocycles. The van der Waals surface area contributed by atoms with Gasteiger partial charge in [-0.2, -0.15) is 9.37 Å². The van der Waals surface area contributed by atoms with Crippen molar-refractivity contribution in [3.8, 4) is 0 Å². The van der Waals surface area contributed by atoms with E-state index in [0.29, 0.717) is 12.5 Å². The number of hydrogen-bond donors (Lipinski definition) is 2. The third-order valence-corrected chi connectivity index (χ3v) is 1.74. The van der Waals surface area contributed by atoms with Gasteiger partial charge in [0.25, 0.3) is 5.95 Å². The Kier molecular flexibility index (Phi) is 3.90. The van der Waals surface area contributed by atoms with E-state index >= 15 is 0 Å². The van der Waals surface area contributed by atoms with E-state index in [9.17, 15) is 13.2 Å². The van der Waals surface area contributed by atoms with Gasteiger partial charge in [0, 0.05) is 12.6 Å². The molecule has 0 saturated carbocycles. The minimum Gasteiger partial charge on any atom is -0.393 e. The van der Waals surface area contributed by atoms with E-state index < -0.39 is 23.7 Å². The summed E-state index contributed by atoms with van der Waals surface area (Å²) < 4.78 is 38.0. The first-order valence-electron chi connectivity index (χ1n) is 4.44. The zero-order chi connectivity index (χ0) is 11.4. The molecule has 1 heterocycles. The Morgan fingerprint density at radius 3 is 2.67 bits per heavy atom. The standard InChI is InChI=1S/C9H11F3N2O/c1-5(15)2-3-13-9-7(11)4-6(10)8(12)14-9/h4-5,15H,2-3H2,1H3,(H,13,14). The molecule has 2 N–H and O–H groups in total. The summed E-state index contributed by atoms with van der Waals surface area (Å²) in [6.07, 6.45) is -0.189. The third kappa shape index (κ3) is 3.39. The number of aliphatic hydroxyl groups excluding tert-OH is 1. The molecule has 0 fully saturated rings. The molecule has 1 aromatic rings. The van der Waals surface area contributed by atoms with E-state index in [1.807, 2.05) is 0 Å². The van der Waals surface area contributed by atoms with Crippen LogP contribution >= 0.6 is 0 Å². The first kappa shape index (κ1) is 11.8. The molecule has 0 bridgehead atoms. The molecule has 6 heteroatoms. The molecule has 15 heavy (non-hydrogen) atoms. The Hall–Kier alpha value is -1.30. The fourth-order valence-electron chi connectivity index (χ4n) is 0.968. The second-order valence-electron chi connectivity index (χ2n) is 3.16. The second kappa shape index (κ2) is 4.97. The molecule has 0 aromatic carbocycles. The molecule has 0 aliphatic carbocycles. The molecular weight excluding hydrogens is 209 g/mol. The second-order valence-corrected chi connectivity index (χ2v) is 3.16. The van der Waals surface area contributed by atoms with Crippen molar-refractivity contribution in [1.82, 2.24) is 4.98 Å². The molecule has 0 amide bonds. The van der Waals surface area contributed by atoms with Gasteiger partial charge >= 0.3 is 0 Å². The van der Waals surface area contributed by atoms with Gasteiger partial charge in [-0.25, -0.2) is 8.78 Å². The van der Waals surface area contributed by atoms with Crippen molar-refractivity contribution < 1.29 is 18.3 Å². The average molecular weight is 220 g/mol. The maximum absolute atomic E-state index is 13.0. The van der Waals surface area contributed by atoms with Crippen LogP contribution in [0.1, 0.15) is 13.3 Å². The van der Waals surface area contributed by atoms with Crippen molar-refractivity contribution in [3.05, 3.63) is 23.6 Å². The summed E-state index contributed by atoms with van der Waals surface area (Å²) in [6.45, 7) is 1.80. The molecule has 84 valence electrons. The lowest BCUT2D eigenvalue weighted by Gasteiger charge is -2.08. The number of nitrogens with one attached hydrogen (secondary N) is 1. The van der Waals surface area contributed by atoms with Gasteiger partial charge in [-0.1, -0.05) is 0 Å². The Morgan fingerprint density at radius 2 is 2.07 bits per heavy atom. The largest absolute Gasteiger partial charge is 0.393 e. The predicted molar refractivity (Wildman–Crippen MR) is 48.9 cm³/mol. The maximum Gasteiger partial charge on any atom is 0.251 e. The highest BCUT2D eigenvalue weighted by Crippen LogP contribution is 2.14. The smallest absolute Gasteiger partial charge is 0.251 e. The fraction of sp³-hybridized carbons (Fsp3) is 0.444. The van der Waals surface area contributed by atoms with Crippen molar-refractivity contribution in [2.45, 2.75) is 19.4 Å². The molecule has 0 spiro atoms. The normalized spacial score (nSPS) is 12.6. The summed E-state index contributed by atoms with van der Waals surface area (Å²) in [4.78, 5) is 3.06. The molecule has 0 saturated heterocycles. The lowest BCUT2D eigenvalue weighted by Crippen LogP contribution is -2.12. The quantitative estimate of drug-likeness (QED) is 0.759. The van der Waals surface area contributed by atoms with Gasteiger partial charge < -0.3 is 10.4 Å². The molecule has 1 atom stereocenters. The highest BCUT2D eigenvalue weighted by molar-refractivity contribution is 5.35. The Labute approximate surface area is 85.0 Å². The number of anilines is 1. The van der Waals surface area contributed by atoms with Gasteiger partial charge in [-0.05, 0) is 13.3 Å². The topological polar surface area (TPSA) is 45.1 Å². The number of pyridine rings is 1. The minimum atomic E-state index is -1.35. The van der Waals surface area contributed by atoms with Crippen molar-refractivity contribution in [2.24, 2.45) is 0 Å². The number of nitrogens with zero attached hydrogens (tertiary/aromatic N) is 1. The summed E-state index contributed by atoms with van der Waals surface area (Å²) in [7, 11) is 0. The van der Waals surface area contributed by atoms with Crippen molar-refractivity contribution in [3.63, 3.8) is 0 Å². The van der Waals surface area contributed by atoms with Gasteiger partial charge in [0.15, 0.2) is 17.5 Å². The van der Waals surface area contributed by atoms with Crippen LogP contribution in [0.3, 0.4) is 0 Å². The molecular formula is C9H11F3N2O. The van der Waals surface area contributed by atoms with Crippen LogP contribution in [0.2, 0.25) is 0 Å². The average Bonchev–Trinajstić information content (AvgIpc) is 2.13. The van der Waals surface area contributed by atoms with Crippen molar-refractivity contribution >= 4 is 5.82 Å². The number of aromatic nitrogens is 1. The monoisotopic (exact) mass is 220 g/mol. The van der Waals surface area contributed by atoms with Gasteiger partial charge in [0.05, 0.1) is 6.10 Å². The lowest BCUT2D eigenvalue weighted by atomic mass is 10.3. The lowest BCUT2D eigenvalue weighted by molar-refractivity contribution is 0.188. The van der Waals surface area contributed by atoms with Crippen LogP contribution in [-0.2, 0) is 0 Å². The predicted octanol–water partition coefficient (Wildman–Crippen LogP) is 1.68. The van der Waals surface area contributed by atoms with Crippen LogP contribution in [0.25, 0.3) is 0 Å². The van der Waals surface area contributed by atoms with Crippen molar-refractivity contribution in [1.29, 1.82) is 0 Å². The molecule has 0 aliphatic heterocycles. The summed E-state index contributed by atoms with van der Waals surface area (Å²) in [6, 6.07) is 0.424. The van der Waals surface area contributed by atoms with Crippen LogP contribution in [0.15, 0.2) is 6.07 Å². The Morgan fingerprint density at radius 1 is 1.40 bits per heavy atom. The van der Waals surface area contributed by atoms with E-state index in [1.54, 1.807) is 6.92 Å². The van der Waals surface area contributed by atoms with Crippen LogP contribution in [0, 0.1) is 17.6 Å². The Balaban J connectivity index is 2.65. The molecule has 1 unspecified atom stereocenters. The van der Waals surface area contributed by atoms with Crippen molar-refractivity contribution in [2.75, 3.05) is 11.9 Å². The van der Waals surface area contributed by atoms with E-state index in [4.69, 9.17) is 5.11 Å². The van der Waals surface area contributed by atoms with Gasteiger partial charge in [-0.15, -0.1) is 0 Å². The summed E-state index contributed by atoms with van der Waals surface area (Å²) in [5, 5.41) is 11.4. The minimum absolute atomic E-state index is 0.229. The van der Waals surface area contributed by atoms with E-state index in [2.05, 4.69) is 10.3 Å². The van der Waals surface area contributed by atoms with Crippen LogP contribution in [0.4, 0.5) is 19.0 Å². The maximum atomic E-state index is 13.0. The summed E-state index contributed by atoms with van der Waals surface area (Å²) >= 11 is 0. The van der Waals surface area contributed by atoms with Crippen LogP contribution < -0.4 is 5.32 Å². The number of hydrogen-bond acceptors (Lipinski definition) is 3. The summed E-state index contributed by atoms with van der Waals surface area (Å²) in [5.74, 6) is -3.99. The van der Waals surface area contributed by atoms with E-state index in [0.717, 1.165) is 0 Å². The fourth-order valence-corrected chi connectivity index (χ4v) is 0.968. The molecule has 0 radical (unpaired) electrons. The highest BCUT2D eigenvalue weighted by atomic mass is 19.2. The highest BCUT2D eigenvalue weighted by Gasteiger charge is 2.10. The molecule has 0 aliphatic rings. The van der Waals surface area contributed by atoms with Gasteiger partial charge in [0.1, 0.15) is 0 Å². The van der Waals surface area contributed by atoms with E-state index in [1.165, 1.54) is 0 Å². The SMILES string of the molecule is CC(O)CCNc1nc(F)c(F)cc1F. The van der Waals surface area contributed by atoms with Gasteiger partial charge in [-0.3, -0.25) is 0 Å². The third-order valence-electron chi connectivity index (χ3n) is 1.74. The van der Waals surface area contributed by atoms with Gasteiger partial charge in [0.2, 0.25) is 0 Å². The number of rotatable bonds is 4. The number of aliphatic hydroxyl groups is 1. The Bertz CT molecular complexity index is 344.